The molecule has 0 aliphatic carbocycles. The zero-order chi connectivity index (χ0) is 14.9. The van der Waals surface area contributed by atoms with Crippen molar-refractivity contribution in [3.63, 3.8) is 0 Å². The molecule has 2 heterocycles. The maximum Gasteiger partial charge on any atom is 0.169 e. The standard InChI is InChI=1S/C15H10ClF2N3/c16-15(5-6-19-9-15)21-13-7-12(18)8-20-14(13)10-1-3-11(17)4-2-10/h1-9,21H/t15-/m1/s1. The first kappa shape index (κ1) is 13.7. The van der Waals surface area contributed by atoms with Crippen LogP contribution in [0.4, 0.5) is 14.5 Å². The molecule has 0 saturated heterocycles. The average molecular weight is 306 g/mol. The van der Waals surface area contributed by atoms with Gasteiger partial charge in [-0.1, -0.05) is 11.6 Å². The van der Waals surface area contributed by atoms with E-state index in [-0.39, 0.29) is 5.82 Å². The second-order valence-corrected chi connectivity index (χ2v) is 5.17. The minimum atomic E-state index is -1.02. The van der Waals surface area contributed by atoms with E-state index in [2.05, 4.69) is 15.3 Å². The highest BCUT2D eigenvalue weighted by Crippen LogP contribution is 2.31. The lowest BCUT2D eigenvalue weighted by atomic mass is 10.1. The van der Waals surface area contributed by atoms with Crippen LogP contribution in [0.2, 0.25) is 0 Å². The molecule has 0 unspecified atom stereocenters. The van der Waals surface area contributed by atoms with Crippen LogP contribution in [-0.4, -0.2) is 16.2 Å². The van der Waals surface area contributed by atoms with Gasteiger partial charge in [-0.3, -0.25) is 9.98 Å². The Morgan fingerprint density at radius 1 is 1.10 bits per heavy atom. The number of aromatic nitrogens is 1. The maximum atomic E-state index is 13.5. The largest absolute Gasteiger partial charge is 0.357 e. The van der Waals surface area contributed by atoms with E-state index in [0.29, 0.717) is 16.9 Å². The van der Waals surface area contributed by atoms with Crippen LogP contribution in [-0.2, 0) is 0 Å². The summed E-state index contributed by atoms with van der Waals surface area (Å²) in [6.07, 6.45) is 5.77. The molecule has 0 spiro atoms. The van der Waals surface area contributed by atoms with Gasteiger partial charge in [0.2, 0.25) is 0 Å². The van der Waals surface area contributed by atoms with Crippen LogP contribution in [0.5, 0.6) is 0 Å². The predicted octanol–water partition coefficient (Wildman–Crippen LogP) is 3.97. The lowest BCUT2D eigenvalue weighted by molar-refractivity contribution is 0.622. The molecule has 1 aliphatic heterocycles. The number of halogens is 3. The molecule has 106 valence electrons. The minimum absolute atomic E-state index is 0.352. The summed E-state index contributed by atoms with van der Waals surface area (Å²) in [6.45, 7) is 0. The number of aliphatic imine (C=N–C) groups is 1. The molecule has 0 radical (unpaired) electrons. The van der Waals surface area contributed by atoms with Gasteiger partial charge in [-0.15, -0.1) is 0 Å². The number of pyridine rings is 1. The van der Waals surface area contributed by atoms with Gasteiger partial charge < -0.3 is 5.32 Å². The van der Waals surface area contributed by atoms with Crippen molar-refractivity contribution in [3.05, 3.63) is 60.4 Å². The summed E-state index contributed by atoms with van der Waals surface area (Å²) in [4.78, 5) is 6.95. The zero-order valence-electron chi connectivity index (χ0n) is 10.7. The Morgan fingerprint density at radius 2 is 1.86 bits per heavy atom. The number of benzene rings is 1. The molecule has 3 rings (SSSR count). The van der Waals surface area contributed by atoms with Crippen molar-refractivity contribution in [1.29, 1.82) is 0 Å². The number of nitrogens with one attached hydrogen (secondary N) is 1. The van der Waals surface area contributed by atoms with E-state index in [0.717, 1.165) is 6.20 Å². The molecule has 1 atom stereocenters. The fourth-order valence-electron chi connectivity index (χ4n) is 2.00. The highest BCUT2D eigenvalue weighted by Gasteiger charge is 2.25. The molecule has 0 amide bonds. The Bertz CT molecular complexity index is 714. The van der Waals surface area contributed by atoms with Crippen LogP contribution < -0.4 is 5.32 Å². The van der Waals surface area contributed by atoms with Gasteiger partial charge in [0.05, 0.1) is 17.6 Å². The number of alkyl halides is 1. The molecule has 0 bridgehead atoms. The first-order valence-corrected chi connectivity index (χ1v) is 6.54. The topological polar surface area (TPSA) is 37.3 Å². The number of anilines is 1. The van der Waals surface area contributed by atoms with E-state index >= 15 is 0 Å². The second kappa shape index (κ2) is 5.26. The molecule has 0 saturated carbocycles. The van der Waals surface area contributed by atoms with Crippen molar-refractivity contribution in [2.45, 2.75) is 5.00 Å². The predicted molar refractivity (Wildman–Crippen MR) is 79.4 cm³/mol. The monoisotopic (exact) mass is 305 g/mol. The number of hydrogen-bond donors (Lipinski definition) is 1. The van der Waals surface area contributed by atoms with E-state index in [9.17, 15) is 8.78 Å². The van der Waals surface area contributed by atoms with E-state index in [1.54, 1.807) is 24.4 Å². The molecule has 6 heteroatoms. The third kappa shape index (κ3) is 2.92. The van der Waals surface area contributed by atoms with Crippen LogP contribution in [0.1, 0.15) is 0 Å². The summed E-state index contributed by atoms with van der Waals surface area (Å²) < 4.78 is 26.5. The molecule has 1 N–H and O–H groups in total. The average Bonchev–Trinajstić information content (AvgIpc) is 2.87. The van der Waals surface area contributed by atoms with E-state index < -0.39 is 10.8 Å². The number of hydrogen-bond acceptors (Lipinski definition) is 3. The van der Waals surface area contributed by atoms with Crippen LogP contribution >= 0.6 is 11.6 Å². The first-order valence-electron chi connectivity index (χ1n) is 6.16. The lowest BCUT2D eigenvalue weighted by Crippen LogP contribution is -2.29. The first-order chi connectivity index (χ1) is 10.1. The van der Waals surface area contributed by atoms with Crippen molar-refractivity contribution in [2.75, 3.05) is 5.32 Å². The van der Waals surface area contributed by atoms with Crippen molar-refractivity contribution >= 4 is 23.5 Å². The third-order valence-electron chi connectivity index (χ3n) is 2.96. The second-order valence-electron chi connectivity index (χ2n) is 4.54. The quantitative estimate of drug-likeness (QED) is 0.688. The molecular formula is C15H10ClF2N3. The molecule has 1 aromatic carbocycles. The highest BCUT2D eigenvalue weighted by atomic mass is 35.5. The summed E-state index contributed by atoms with van der Waals surface area (Å²) in [5.41, 5.74) is 1.53. The third-order valence-corrected chi connectivity index (χ3v) is 3.28. The fraction of sp³-hybridized carbons (Fsp3) is 0.0667. The lowest BCUT2D eigenvalue weighted by Gasteiger charge is -2.21. The summed E-state index contributed by atoms with van der Waals surface area (Å²) in [6, 6.07) is 7.06. The van der Waals surface area contributed by atoms with Gasteiger partial charge in [0.1, 0.15) is 11.6 Å². The molecular weight excluding hydrogens is 296 g/mol. The number of rotatable bonds is 3. The summed E-state index contributed by atoms with van der Waals surface area (Å²) in [5, 5.41) is 2.97. The zero-order valence-corrected chi connectivity index (χ0v) is 11.5. The van der Waals surface area contributed by atoms with Gasteiger partial charge in [-0.2, -0.15) is 0 Å². The number of nitrogens with zero attached hydrogens (tertiary/aromatic N) is 2. The summed E-state index contributed by atoms with van der Waals surface area (Å²) in [7, 11) is 0. The molecule has 3 nitrogen and oxygen atoms in total. The maximum absolute atomic E-state index is 13.5. The van der Waals surface area contributed by atoms with E-state index in [4.69, 9.17) is 11.6 Å². The Morgan fingerprint density at radius 3 is 2.52 bits per heavy atom. The molecule has 1 aromatic heterocycles. The highest BCUT2D eigenvalue weighted by molar-refractivity contribution is 6.35. The van der Waals surface area contributed by atoms with Gasteiger partial charge in [0.15, 0.2) is 5.00 Å². The van der Waals surface area contributed by atoms with Crippen LogP contribution in [0.25, 0.3) is 11.3 Å². The SMILES string of the molecule is Fc1ccc(-c2ncc(F)cc2N[C@]2(Cl)C=CN=C2)cc1. The van der Waals surface area contributed by atoms with Crippen molar-refractivity contribution < 1.29 is 8.78 Å². The smallest absolute Gasteiger partial charge is 0.169 e. The Balaban J connectivity index is 2.03. The molecule has 2 aromatic rings. The minimum Gasteiger partial charge on any atom is -0.357 e. The van der Waals surface area contributed by atoms with E-state index in [1.807, 2.05) is 0 Å². The van der Waals surface area contributed by atoms with Gasteiger partial charge in [-0.05, 0) is 30.3 Å². The van der Waals surface area contributed by atoms with Crippen LogP contribution in [0, 0.1) is 11.6 Å². The normalized spacial score (nSPS) is 20.0. The Labute approximate surface area is 125 Å². The Kier molecular flexibility index (Phi) is 3.43. The summed E-state index contributed by atoms with van der Waals surface area (Å²) in [5.74, 6) is -0.849. The fourth-order valence-corrected chi connectivity index (χ4v) is 2.21. The van der Waals surface area contributed by atoms with Crippen molar-refractivity contribution in [3.8, 4) is 11.3 Å². The Hall–Kier alpha value is -2.27. The van der Waals surface area contributed by atoms with Gasteiger partial charge >= 0.3 is 0 Å². The van der Waals surface area contributed by atoms with Gasteiger partial charge in [0.25, 0.3) is 0 Å². The molecule has 21 heavy (non-hydrogen) atoms. The summed E-state index contributed by atoms with van der Waals surface area (Å²) >= 11 is 6.28. The molecule has 1 aliphatic rings. The van der Waals surface area contributed by atoms with Gasteiger partial charge in [-0.25, -0.2) is 8.78 Å². The van der Waals surface area contributed by atoms with Crippen LogP contribution in [0.15, 0.2) is 53.8 Å². The molecule has 0 fully saturated rings. The van der Waals surface area contributed by atoms with Crippen molar-refractivity contribution in [1.82, 2.24) is 4.98 Å². The van der Waals surface area contributed by atoms with Crippen molar-refractivity contribution in [2.24, 2.45) is 4.99 Å². The van der Waals surface area contributed by atoms with Gasteiger partial charge in [0, 0.05) is 24.0 Å². The van der Waals surface area contributed by atoms with Crippen LogP contribution in [0.3, 0.4) is 0 Å². The van der Waals surface area contributed by atoms with E-state index in [1.165, 1.54) is 24.4 Å².